The number of aromatic hydroxyl groups is 1. The molecule has 1 heterocycles. The Kier molecular flexibility index (Phi) is 6.74. The van der Waals surface area contributed by atoms with Gasteiger partial charge in [0.05, 0.1) is 28.8 Å². The van der Waals surface area contributed by atoms with Gasteiger partial charge in [-0.05, 0) is 30.3 Å². The molecule has 0 aromatic heterocycles. The minimum atomic E-state index is -3.75. The van der Waals surface area contributed by atoms with Crippen LogP contribution in [0.3, 0.4) is 0 Å². The standard InChI is InChI=1S/C20H23ClN2O6S/c1-3-23(4-2)30(26,27)14-6-7-17(24)16(12-14)22-20(25)13-10-15(21)19-18(11-13)28-8-5-9-29-19/h6-7,10-12,24H,3-5,8-9H2,1-2H3,(H,22,25). The van der Waals surface area contributed by atoms with Gasteiger partial charge in [0, 0.05) is 25.1 Å². The van der Waals surface area contributed by atoms with Gasteiger partial charge in [-0.1, -0.05) is 25.4 Å². The predicted molar refractivity (Wildman–Crippen MR) is 113 cm³/mol. The summed E-state index contributed by atoms with van der Waals surface area (Å²) in [6.45, 7) is 4.96. The van der Waals surface area contributed by atoms with Crippen molar-refractivity contribution in [3.8, 4) is 17.2 Å². The van der Waals surface area contributed by atoms with Crippen molar-refractivity contribution in [3.05, 3.63) is 40.9 Å². The Bertz CT molecular complexity index is 1050. The Morgan fingerprint density at radius 3 is 2.57 bits per heavy atom. The van der Waals surface area contributed by atoms with Gasteiger partial charge in [-0.3, -0.25) is 4.79 Å². The fraction of sp³-hybridized carbons (Fsp3) is 0.350. The highest BCUT2D eigenvalue weighted by molar-refractivity contribution is 7.89. The summed E-state index contributed by atoms with van der Waals surface area (Å²) in [5, 5.41) is 12.9. The van der Waals surface area contributed by atoms with Gasteiger partial charge in [0.15, 0.2) is 11.5 Å². The molecule has 0 spiro atoms. The maximum absolute atomic E-state index is 12.8. The summed E-state index contributed by atoms with van der Waals surface area (Å²) in [5.74, 6) is -0.115. The lowest BCUT2D eigenvalue weighted by atomic mass is 10.1. The van der Waals surface area contributed by atoms with Crippen molar-refractivity contribution >= 4 is 33.2 Å². The van der Waals surface area contributed by atoms with Crippen LogP contribution in [0.2, 0.25) is 5.02 Å². The molecule has 0 unspecified atom stereocenters. The van der Waals surface area contributed by atoms with E-state index in [4.69, 9.17) is 21.1 Å². The topological polar surface area (TPSA) is 105 Å². The number of ether oxygens (including phenoxy) is 2. The molecular weight excluding hydrogens is 432 g/mol. The fourth-order valence-electron chi connectivity index (χ4n) is 3.04. The van der Waals surface area contributed by atoms with Gasteiger partial charge < -0.3 is 19.9 Å². The molecule has 3 rings (SSSR count). The van der Waals surface area contributed by atoms with Crippen LogP contribution in [0.4, 0.5) is 5.69 Å². The van der Waals surface area contributed by atoms with Crippen LogP contribution in [-0.4, -0.2) is 50.0 Å². The molecule has 0 saturated heterocycles. The number of carbonyl (C=O) groups excluding carboxylic acids is 1. The third kappa shape index (κ3) is 4.48. The molecule has 0 saturated carbocycles. The SMILES string of the molecule is CCN(CC)S(=O)(=O)c1ccc(O)c(NC(=O)c2cc(Cl)c3c(c2)OCCCO3)c1. The van der Waals surface area contributed by atoms with Crippen LogP contribution in [-0.2, 0) is 10.0 Å². The minimum Gasteiger partial charge on any atom is -0.506 e. The lowest BCUT2D eigenvalue weighted by Crippen LogP contribution is -2.30. The molecular formula is C20H23ClN2O6S. The van der Waals surface area contributed by atoms with Crippen LogP contribution < -0.4 is 14.8 Å². The second kappa shape index (κ2) is 9.11. The molecule has 1 aliphatic heterocycles. The van der Waals surface area contributed by atoms with E-state index >= 15 is 0 Å². The minimum absolute atomic E-state index is 0.0311. The van der Waals surface area contributed by atoms with Crippen molar-refractivity contribution in [2.45, 2.75) is 25.2 Å². The Morgan fingerprint density at radius 1 is 1.17 bits per heavy atom. The molecule has 0 bridgehead atoms. The van der Waals surface area contributed by atoms with Gasteiger partial charge in [0.2, 0.25) is 10.0 Å². The van der Waals surface area contributed by atoms with Crippen LogP contribution in [0, 0.1) is 0 Å². The normalized spacial score (nSPS) is 13.7. The van der Waals surface area contributed by atoms with E-state index in [1.54, 1.807) is 13.8 Å². The number of sulfonamides is 1. The number of benzene rings is 2. The number of halogens is 1. The summed E-state index contributed by atoms with van der Waals surface area (Å²) in [4.78, 5) is 12.7. The number of phenols is 1. The third-order valence-corrected chi connectivity index (χ3v) is 6.95. The van der Waals surface area contributed by atoms with E-state index in [1.807, 2.05) is 0 Å². The van der Waals surface area contributed by atoms with Crippen LogP contribution in [0.1, 0.15) is 30.6 Å². The average molecular weight is 455 g/mol. The Morgan fingerprint density at radius 2 is 1.87 bits per heavy atom. The number of phenolic OH excluding ortho intramolecular Hbond substituents is 1. The third-order valence-electron chi connectivity index (χ3n) is 4.62. The molecule has 0 fully saturated rings. The van der Waals surface area contributed by atoms with Crippen molar-refractivity contribution in [2.24, 2.45) is 0 Å². The van der Waals surface area contributed by atoms with E-state index in [1.165, 1.54) is 34.6 Å². The molecule has 2 aromatic carbocycles. The molecule has 1 aliphatic rings. The summed E-state index contributed by atoms with van der Waals surface area (Å²) >= 11 is 6.23. The summed E-state index contributed by atoms with van der Waals surface area (Å²) in [5.41, 5.74) is 0.150. The molecule has 8 nitrogen and oxygen atoms in total. The van der Waals surface area contributed by atoms with E-state index < -0.39 is 15.9 Å². The zero-order chi connectivity index (χ0) is 21.9. The van der Waals surface area contributed by atoms with Gasteiger partial charge in [-0.15, -0.1) is 0 Å². The van der Waals surface area contributed by atoms with Crippen molar-refractivity contribution in [3.63, 3.8) is 0 Å². The highest BCUT2D eigenvalue weighted by atomic mass is 35.5. The van der Waals surface area contributed by atoms with Crippen LogP contribution in [0.5, 0.6) is 17.2 Å². The number of anilines is 1. The van der Waals surface area contributed by atoms with E-state index in [0.29, 0.717) is 44.2 Å². The zero-order valence-corrected chi connectivity index (χ0v) is 18.2. The van der Waals surface area contributed by atoms with E-state index in [2.05, 4.69) is 5.32 Å². The van der Waals surface area contributed by atoms with Crippen molar-refractivity contribution in [1.82, 2.24) is 4.31 Å². The lowest BCUT2D eigenvalue weighted by molar-refractivity contribution is 0.102. The number of amides is 1. The number of hydrogen-bond donors (Lipinski definition) is 2. The smallest absolute Gasteiger partial charge is 0.255 e. The monoisotopic (exact) mass is 454 g/mol. The molecule has 30 heavy (non-hydrogen) atoms. The number of fused-ring (bicyclic) bond motifs is 1. The second-order valence-electron chi connectivity index (χ2n) is 6.56. The van der Waals surface area contributed by atoms with E-state index in [9.17, 15) is 18.3 Å². The summed E-state index contributed by atoms with van der Waals surface area (Å²) in [6.07, 6.45) is 0.689. The number of nitrogens with one attached hydrogen (secondary N) is 1. The molecule has 1 amide bonds. The Labute approximate surface area is 180 Å². The van der Waals surface area contributed by atoms with Crippen molar-refractivity contribution in [2.75, 3.05) is 31.6 Å². The van der Waals surface area contributed by atoms with Crippen molar-refractivity contribution < 1.29 is 27.8 Å². The highest BCUT2D eigenvalue weighted by Crippen LogP contribution is 2.38. The second-order valence-corrected chi connectivity index (χ2v) is 8.90. The van der Waals surface area contributed by atoms with Crippen LogP contribution >= 0.6 is 11.6 Å². The van der Waals surface area contributed by atoms with Gasteiger partial charge >= 0.3 is 0 Å². The molecule has 0 radical (unpaired) electrons. The van der Waals surface area contributed by atoms with Crippen LogP contribution in [0.25, 0.3) is 0 Å². The average Bonchev–Trinajstić information content (AvgIpc) is 2.96. The first-order valence-corrected chi connectivity index (χ1v) is 11.3. The molecule has 0 atom stereocenters. The molecule has 10 heteroatoms. The summed E-state index contributed by atoms with van der Waals surface area (Å²) in [7, 11) is -3.75. The first-order chi connectivity index (χ1) is 14.3. The first kappa shape index (κ1) is 22.2. The largest absolute Gasteiger partial charge is 0.506 e. The predicted octanol–water partition coefficient (Wildman–Crippen LogP) is 3.49. The number of rotatable bonds is 6. The highest BCUT2D eigenvalue weighted by Gasteiger charge is 2.24. The summed E-state index contributed by atoms with van der Waals surface area (Å²) in [6, 6.07) is 6.68. The molecule has 2 N–H and O–H groups in total. The van der Waals surface area contributed by atoms with E-state index in [0.717, 1.165) is 0 Å². The fourth-order valence-corrected chi connectivity index (χ4v) is 4.79. The van der Waals surface area contributed by atoms with Gasteiger partial charge in [0.1, 0.15) is 5.75 Å². The summed E-state index contributed by atoms with van der Waals surface area (Å²) < 4.78 is 37.9. The Balaban J connectivity index is 1.91. The van der Waals surface area contributed by atoms with Gasteiger partial charge in [-0.2, -0.15) is 4.31 Å². The van der Waals surface area contributed by atoms with Gasteiger partial charge in [0.25, 0.3) is 5.91 Å². The first-order valence-electron chi connectivity index (χ1n) is 9.51. The molecule has 0 aliphatic carbocycles. The van der Waals surface area contributed by atoms with Gasteiger partial charge in [-0.25, -0.2) is 8.42 Å². The number of nitrogens with zero attached hydrogens (tertiary/aromatic N) is 1. The van der Waals surface area contributed by atoms with Crippen molar-refractivity contribution in [1.29, 1.82) is 0 Å². The van der Waals surface area contributed by atoms with E-state index in [-0.39, 0.29) is 26.9 Å². The zero-order valence-electron chi connectivity index (χ0n) is 16.6. The quantitative estimate of drug-likeness (QED) is 0.647. The maximum Gasteiger partial charge on any atom is 0.255 e. The van der Waals surface area contributed by atoms with Crippen LogP contribution in [0.15, 0.2) is 35.2 Å². The maximum atomic E-state index is 12.8. The number of hydrogen-bond acceptors (Lipinski definition) is 6. The molecule has 2 aromatic rings. The molecule has 162 valence electrons. The lowest BCUT2D eigenvalue weighted by Gasteiger charge is -2.19. The Hall–Kier alpha value is -2.49. The number of carbonyl (C=O) groups is 1.